The summed E-state index contributed by atoms with van der Waals surface area (Å²) in [5, 5.41) is 0. The summed E-state index contributed by atoms with van der Waals surface area (Å²) in [6.07, 6.45) is 0. The maximum absolute atomic E-state index is 5.38. The molecule has 2 heterocycles. The van der Waals surface area contributed by atoms with E-state index in [4.69, 9.17) is 24.9 Å². The highest BCUT2D eigenvalue weighted by atomic mass is 15.0. The lowest BCUT2D eigenvalue weighted by Crippen LogP contribution is -2.28. The van der Waals surface area contributed by atoms with Crippen molar-refractivity contribution in [1.82, 2.24) is 24.9 Å². The minimum Gasteiger partial charge on any atom is -0.228 e. The second-order valence-electron chi connectivity index (χ2n) is 19.8. The summed E-state index contributed by atoms with van der Waals surface area (Å²) < 4.78 is 0. The molecule has 0 saturated carbocycles. The Bertz CT molecular complexity index is 4080. The highest BCUT2D eigenvalue weighted by Gasteiger charge is 2.46. The second kappa shape index (κ2) is 17.2. The number of hydrogen-bond acceptors (Lipinski definition) is 5. The monoisotopic (exact) mass is 955 g/mol. The Kier molecular flexibility index (Phi) is 9.86. The van der Waals surface area contributed by atoms with Gasteiger partial charge in [-0.25, -0.2) is 24.9 Å². The fourth-order valence-corrected chi connectivity index (χ4v) is 12.5. The largest absolute Gasteiger partial charge is 0.228 e. The Hall–Kier alpha value is -9.71. The van der Waals surface area contributed by atoms with E-state index < -0.39 is 5.41 Å². The summed E-state index contributed by atoms with van der Waals surface area (Å²) in [6, 6.07) is 93.6. The molecule has 5 nitrogen and oxygen atoms in total. The molecule has 350 valence electrons. The van der Waals surface area contributed by atoms with Crippen molar-refractivity contribution in [2.75, 3.05) is 0 Å². The molecule has 4 aliphatic rings. The van der Waals surface area contributed by atoms with Gasteiger partial charge in [-0.05, 0) is 91.0 Å². The molecule has 16 rings (SSSR count). The maximum Gasteiger partial charge on any atom is 0.164 e. The lowest BCUT2D eigenvalue weighted by molar-refractivity contribution is 0.754. The predicted molar refractivity (Wildman–Crippen MR) is 300 cm³/mol. The summed E-state index contributed by atoms with van der Waals surface area (Å²) in [4.78, 5) is 26.0. The fourth-order valence-electron chi connectivity index (χ4n) is 12.5. The molecule has 0 fully saturated rings. The SMILES string of the molecule is c1ccc(-c2nc(-c3ccc4c(c3)-c3ccccc3C4(c3ccccc3)c3ccccc3)cc(-c3ccc4c(c3)C3c5ccccc5C4c4cc(-c5nc(-c6ccccc6)nc(-c6ccccc6)n5)ccc43)n2)cc1. The molecule has 10 aromatic carbocycles. The van der Waals surface area contributed by atoms with Crippen molar-refractivity contribution in [2.24, 2.45) is 0 Å². The number of hydrogen-bond donors (Lipinski definition) is 0. The number of nitrogens with zero attached hydrogens (tertiary/aromatic N) is 5. The van der Waals surface area contributed by atoms with Crippen molar-refractivity contribution in [2.45, 2.75) is 17.3 Å². The van der Waals surface area contributed by atoms with Gasteiger partial charge in [0.15, 0.2) is 23.3 Å². The Morgan fingerprint density at radius 3 is 1.15 bits per heavy atom. The zero-order chi connectivity index (χ0) is 49.5. The third kappa shape index (κ3) is 6.82. The van der Waals surface area contributed by atoms with Gasteiger partial charge in [0.2, 0.25) is 0 Å². The normalized spacial score (nSPS) is 15.0. The smallest absolute Gasteiger partial charge is 0.164 e. The van der Waals surface area contributed by atoms with E-state index in [2.05, 4.69) is 218 Å². The molecule has 0 amide bonds. The van der Waals surface area contributed by atoms with E-state index in [1.54, 1.807) is 0 Å². The molecule has 4 aliphatic carbocycles. The van der Waals surface area contributed by atoms with Crippen LogP contribution in [0.3, 0.4) is 0 Å². The van der Waals surface area contributed by atoms with E-state index in [0.717, 1.165) is 44.8 Å². The number of benzene rings is 10. The quantitative estimate of drug-likeness (QED) is 0.152. The molecule has 2 bridgehead atoms. The first-order valence-corrected chi connectivity index (χ1v) is 25.7. The summed E-state index contributed by atoms with van der Waals surface area (Å²) in [5.41, 5.74) is 22.6. The summed E-state index contributed by atoms with van der Waals surface area (Å²) in [6.45, 7) is 0. The molecule has 2 aromatic heterocycles. The fraction of sp³-hybridized carbons (Fsp3) is 0.0429. The standard InChI is InChI=1S/C70H45N5/c1-6-20-44(21-7-1)66-71-62(43-63(72-66)48-36-39-61-57(40-48)52-30-18-19-33-60(52)70(61,50-26-12-4-13-27-50)51-28-14-5-15-29-51)47-34-37-55-58(41-47)64-53-31-16-17-32-54(53)65(55)59-42-49(35-38-56(59)64)69-74-67(45-22-8-2-9-23-45)73-68(75-69)46-24-10-3-11-25-46/h1-43,64-65H. The van der Waals surface area contributed by atoms with Crippen LogP contribution in [-0.2, 0) is 5.41 Å². The molecule has 0 N–H and O–H groups in total. The topological polar surface area (TPSA) is 64.5 Å². The highest BCUT2D eigenvalue weighted by molar-refractivity contribution is 5.89. The molecule has 0 radical (unpaired) electrons. The lowest BCUT2D eigenvalue weighted by Gasteiger charge is -2.42. The van der Waals surface area contributed by atoms with Gasteiger partial charge in [0, 0.05) is 45.2 Å². The summed E-state index contributed by atoms with van der Waals surface area (Å²) >= 11 is 0. The lowest BCUT2D eigenvalue weighted by atomic mass is 9.60. The molecular formula is C70H45N5. The molecule has 2 unspecified atom stereocenters. The van der Waals surface area contributed by atoms with Gasteiger partial charge in [-0.15, -0.1) is 0 Å². The van der Waals surface area contributed by atoms with Crippen LogP contribution in [0, 0.1) is 0 Å². The van der Waals surface area contributed by atoms with Crippen LogP contribution in [-0.4, -0.2) is 24.9 Å². The molecule has 0 aliphatic heterocycles. The van der Waals surface area contributed by atoms with Crippen LogP contribution in [0.2, 0.25) is 0 Å². The van der Waals surface area contributed by atoms with E-state index in [9.17, 15) is 0 Å². The predicted octanol–water partition coefficient (Wildman–Crippen LogP) is 16.0. The van der Waals surface area contributed by atoms with Crippen molar-refractivity contribution >= 4 is 0 Å². The van der Waals surface area contributed by atoms with E-state index in [1.807, 2.05) is 42.5 Å². The van der Waals surface area contributed by atoms with Crippen molar-refractivity contribution in [3.8, 4) is 79.2 Å². The van der Waals surface area contributed by atoms with Crippen LogP contribution < -0.4 is 0 Å². The molecule has 5 heteroatoms. The first kappa shape index (κ1) is 42.9. The number of aromatic nitrogens is 5. The van der Waals surface area contributed by atoms with Crippen molar-refractivity contribution in [3.05, 3.63) is 316 Å². The molecule has 2 atom stereocenters. The molecule has 0 spiro atoms. The minimum absolute atomic E-state index is 0.0308. The first-order valence-electron chi connectivity index (χ1n) is 25.7. The van der Waals surface area contributed by atoms with Gasteiger partial charge in [-0.1, -0.05) is 237 Å². The third-order valence-corrected chi connectivity index (χ3v) is 15.8. The van der Waals surface area contributed by atoms with Crippen molar-refractivity contribution in [3.63, 3.8) is 0 Å². The molecule has 75 heavy (non-hydrogen) atoms. The Morgan fingerprint density at radius 1 is 0.240 bits per heavy atom. The van der Waals surface area contributed by atoms with Crippen LogP contribution in [0.4, 0.5) is 0 Å². The third-order valence-electron chi connectivity index (χ3n) is 15.8. The Balaban J connectivity index is 0.860. The van der Waals surface area contributed by atoms with Gasteiger partial charge < -0.3 is 0 Å². The zero-order valence-corrected chi connectivity index (χ0v) is 40.7. The van der Waals surface area contributed by atoms with Gasteiger partial charge in [0.1, 0.15) is 0 Å². The van der Waals surface area contributed by atoms with Gasteiger partial charge in [0.05, 0.1) is 16.8 Å². The Labute approximate surface area is 435 Å². The summed E-state index contributed by atoms with van der Waals surface area (Å²) in [7, 11) is 0. The first-order chi connectivity index (χ1) is 37.2. The van der Waals surface area contributed by atoms with Crippen LogP contribution in [0.5, 0.6) is 0 Å². The van der Waals surface area contributed by atoms with Crippen molar-refractivity contribution in [1.29, 1.82) is 0 Å². The van der Waals surface area contributed by atoms with Crippen LogP contribution >= 0.6 is 0 Å². The van der Waals surface area contributed by atoms with Gasteiger partial charge in [0.25, 0.3) is 0 Å². The highest BCUT2D eigenvalue weighted by Crippen LogP contribution is 2.58. The summed E-state index contributed by atoms with van der Waals surface area (Å²) in [5.74, 6) is 2.72. The average molecular weight is 956 g/mol. The molecule has 12 aromatic rings. The van der Waals surface area contributed by atoms with Crippen LogP contribution in [0.25, 0.3) is 79.2 Å². The van der Waals surface area contributed by atoms with E-state index >= 15 is 0 Å². The Morgan fingerprint density at radius 2 is 0.613 bits per heavy atom. The average Bonchev–Trinajstić information content (AvgIpc) is 3.81. The van der Waals surface area contributed by atoms with Crippen LogP contribution in [0.1, 0.15) is 67.5 Å². The van der Waals surface area contributed by atoms with Gasteiger partial charge in [-0.2, -0.15) is 0 Å². The van der Waals surface area contributed by atoms with Crippen LogP contribution in [0.15, 0.2) is 261 Å². The maximum atomic E-state index is 5.38. The van der Waals surface area contributed by atoms with Crippen molar-refractivity contribution < 1.29 is 0 Å². The van der Waals surface area contributed by atoms with E-state index in [1.165, 1.54) is 66.8 Å². The van der Waals surface area contributed by atoms with E-state index in [-0.39, 0.29) is 11.8 Å². The second-order valence-corrected chi connectivity index (χ2v) is 19.8. The zero-order valence-electron chi connectivity index (χ0n) is 40.7. The van der Waals surface area contributed by atoms with Gasteiger partial charge in [-0.3, -0.25) is 0 Å². The minimum atomic E-state index is -0.481. The van der Waals surface area contributed by atoms with E-state index in [0.29, 0.717) is 23.3 Å². The van der Waals surface area contributed by atoms with Gasteiger partial charge >= 0.3 is 0 Å². The number of fused-ring (bicyclic) bond motifs is 3. The number of rotatable bonds is 8. The molecular weight excluding hydrogens is 911 g/mol. The molecule has 0 saturated heterocycles.